The number of anilines is 2. The van der Waals surface area contributed by atoms with Crippen LogP contribution in [0.25, 0.3) is 6.08 Å². The summed E-state index contributed by atoms with van der Waals surface area (Å²) >= 11 is 6.22. The summed E-state index contributed by atoms with van der Waals surface area (Å²) in [6, 6.07) is 10.5. The van der Waals surface area contributed by atoms with E-state index < -0.39 is 0 Å². The molecule has 29 heavy (non-hydrogen) atoms. The Morgan fingerprint density at radius 1 is 1.14 bits per heavy atom. The first-order valence-electron chi connectivity index (χ1n) is 9.40. The second-order valence-electron chi connectivity index (χ2n) is 6.63. The zero-order valence-electron chi connectivity index (χ0n) is 16.3. The fraction of sp³-hybridized carbons (Fsp3) is 0.273. The zero-order valence-corrected chi connectivity index (χ0v) is 17.1. The van der Waals surface area contributed by atoms with Gasteiger partial charge in [-0.1, -0.05) is 11.6 Å². The highest BCUT2D eigenvalue weighted by Gasteiger charge is 2.29. The average molecular weight is 415 g/mol. The van der Waals surface area contributed by atoms with Crippen LogP contribution in [-0.2, 0) is 9.59 Å². The van der Waals surface area contributed by atoms with Gasteiger partial charge in [-0.25, -0.2) is 0 Å². The van der Waals surface area contributed by atoms with Gasteiger partial charge in [0.2, 0.25) is 11.8 Å². The molecule has 7 heteroatoms. The van der Waals surface area contributed by atoms with E-state index >= 15 is 0 Å². The van der Waals surface area contributed by atoms with Crippen LogP contribution in [0.5, 0.6) is 11.5 Å². The molecule has 2 aromatic carbocycles. The van der Waals surface area contributed by atoms with E-state index in [-0.39, 0.29) is 17.7 Å². The number of methoxy groups -OCH3 is 1. The van der Waals surface area contributed by atoms with Gasteiger partial charge in [0.15, 0.2) is 11.5 Å². The third-order valence-electron chi connectivity index (χ3n) is 4.33. The van der Waals surface area contributed by atoms with Crippen LogP contribution in [0.3, 0.4) is 0 Å². The van der Waals surface area contributed by atoms with Crippen LogP contribution in [0.4, 0.5) is 11.4 Å². The Labute approximate surface area is 174 Å². The first-order valence-corrected chi connectivity index (χ1v) is 9.78. The Bertz CT molecular complexity index is 921. The van der Waals surface area contributed by atoms with Gasteiger partial charge >= 0.3 is 0 Å². The largest absolute Gasteiger partial charge is 0.491 e. The molecule has 0 spiro atoms. The number of halogens is 1. The maximum Gasteiger partial charge on any atom is 0.248 e. The summed E-state index contributed by atoms with van der Waals surface area (Å²) in [4.78, 5) is 24.0. The summed E-state index contributed by atoms with van der Waals surface area (Å²) < 4.78 is 10.8. The minimum absolute atomic E-state index is 0.0503. The van der Waals surface area contributed by atoms with Gasteiger partial charge in [0.1, 0.15) is 0 Å². The van der Waals surface area contributed by atoms with Crippen molar-refractivity contribution in [1.82, 2.24) is 0 Å². The maximum absolute atomic E-state index is 12.2. The van der Waals surface area contributed by atoms with Gasteiger partial charge in [0, 0.05) is 23.4 Å². The van der Waals surface area contributed by atoms with E-state index in [4.69, 9.17) is 21.1 Å². The molecular weight excluding hydrogens is 392 g/mol. The molecule has 0 aliphatic heterocycles. The van der Waals surface area contributed by atoms with E-state index in [0.717, 1.165) is 12.8 Å². The number of amides is 2. The summed E-state index contributed by atoms with van der Waals surface area (Å²) in [5.41, 5.74) is 2.06. The van der Waals surface area contributed by atoms with Gasteiger partial charge < -0.3 is 20.1 Å². The minimum atomic E-state index is -0.287. The number of benzene rings is 2. The van der Waals surface area contributed by atoms with E-state index in [0.29, 0.717) is 40.1 Å². The highest BCUT2D eigenvalue weighted by Crippen LogP contribution is 2.36. The molecule has 0 bridgehead atoms. The Kier molecular flexibility index (Phi) is 6.77. The lowest BCUT2D eigenvalue weighted by molar-refractivity contribution is -0.117. The molecule has 0 atom stereocenters. The van der Waals surface area contributed by atoms with Gasteiger partial charge in [0.05, 0.1) is 18.7 Å². The van der Waals surface area contributed by atoms with Crippen molar-refractivity contribution in [1.29, 1.82) is 0 Å². The number of ether oxygens (including phenoxy) is 2. The molecule has 6 nitrogen and oxygen atoms in total. The van der Waals surface area contributed by atoms with Gasteiger partial charge in [-0.2, -0.15) is 0 Å². The molecule has 0 unspecified atom stereocenters. The topological polar surface area (TPSA) is 76.7 Å². The monoisotopic (exact) mass is 414 g/mol. The predicted octanol–water partition coefficient (Wildman–Crippen LogP) is 4.75. The van der Waals surface area contributed by atoms with E-state index in [1.165, 1.54) is 13.2 Å². The average Bonchev–Trinajstić information content (AvgIpc) is 3.53. The van der Waals surface area contributed by atoms with E-state index in [2.05, 4.69) is 10.6 Å². The Balaban J connectivity index is 1.61. The predicted molar refractivity (Wildman–Crippen MR) is 115 cm³/mol. The quantitative estimate of drug-likeness (QED) is 0.611. The summed E-state index contributed by atoms with van der Waals surface area (Å²) in [5, 5.41) is 6.04. The van der Waals surface area contributed by atoms with Gasteiger partial charge in [-0.15, -0.1) is 0 Å². The lowest BCUT2D eigenvalue weighted by atomic mass is 10.2. The van der Waals surface area contributed by atoms with Gasteiger partial charge in [0.25, 0.3) is 0 Å². The van der Waals surface area contributed by atoms with Crippen molar-refractivity contribution in [3.63, 3.8) is 0 Å². The van der Waals surface area contributed by atoms with E-state index in [9.17, 15) is 9.59 Å². The van der Waals surface area contributed by atoms with Crippen LogP contribution in [0.1, 0.15) is 25.3 Å². The highest BCUT2D eigenvalue weighted by atomic mass is 35.5. The molecule has 152 valence electrons. The van der Waals surface area contributed by atoms with E-state index in [1.807, 2.05) is 6.92 Å². The first-order chi connectivity index (χ1) is 14.0. The molecule has 0 radical (unpaired) electrons. The van der Waals surface area contributed by atoms with Gasteiger partial charge in [-0.05, 0) is 67.8 Å². The highest BCUT2D eigenvalue weighted by molar-refractivity contribution is 6.32. The van der Waals surface area contributed by atoms with Crippen LogP contribution in [0, 0.1) is 5.92 Å². The summed E-state index contributed by atoms with van der Waals surface area (Å²) in [5.74, 6) is 0.892. The third-order valence-corrected chi connectivity index (χ3v) is 4.61. The molecule has 3 rings (SSSR count). The normalized spacial score (nSPS) is 13.2. The van der Waals surface area contributed by atoms with Crippen molar-refractivity contribution >= 4 is 40.9 Å². The molecule has 1 fully saturated rings. The molecule has 1 aliphatic rings. The van der Waals surface area contributed by atoms with Crippen molar-refractivity contribution in [2.75, 3.05) is 24.4 Å². The van der Waals surface area contributed by atoms with Crippen molar-refractivity contribution in [3.8, 4) is 11.5 Å². The Morgan fingerprint density at radius 3 is 2.38 bits per heavy atom. The van der Waals surface area contributed by atoms with Crippen LogP contribution < -0.4 is 20.1 Å². The number of carbonyl (C=O) groups excluding carboxylic acids is 2. The van der Waals surface area contributed by atoms with Crippen molar-refractivity contribution in [3.05, 3.63) is 53.1 Å². The van der Waals surface area contributed by atoms with Gasteiger partial charge in [-0.3, -0.25) is 9.59 Å². The summed E-state index contributed by atoms with van der Waals surface area (Å²) in [6.07, 6.45) is 4.97. The summed E-state index contributed by atoms with van der Waals surface area (Å²) in [7, 11) is 1.52. The van der Waals surface area contributed by atoms with Crippen molar-refractivity contribution in [2.24, 2.45) is 5.92 Å². The van der Waals surface area contributed by atoms with Crippen LogP contribution in [0.2, 0.25) is 5.02 Å². The maximum atomic E-state index is 12.2. The van der Waals surface area contributed by atoms with Crippen LogP contribution in [-0.4, -0.2) is 25.5 Å². The first kappa shape index (κ1) is 20.7. The number of nitrogens with one attached hydrogen (secondary N) is 2. The second-order valence-corrected chi connectivity index (χ2v) is 7.04. The minimum Gasteiger partial charge on any atom is -0.491 e. The molecule has 1 saturated carbocycles. The SMILES string of the molecule is CCOc1cc(/C=C/C(=O)Nc2ccc(NC(=O)C3CC3)cc2)cc(Cl)c1OC. The molecule has 2 aromatic rings. The fourth-order valence-corrected chi connectivity index (χ4v) is 3.02. The number of carbonyl (C=O) groups is 2. The molecule has 0 heterocycles. The molecule has 2 amide bonds. The molecule has 0 saturated heterocycles. The Hall–Kier alpha value is -2.99. The number of hydrogen-bond acceptors (Lipinski definition) is 4. The number of rotatable bonds is 8. The lowest BCUT2D eigenvalue weighted by Crippen LogP contribution is -2.13. The van der Waals surface area contributed by atoms with E-state index in [1.54, 1.807) is 42.5 Å². The third kappa shape index (κ3) is 5.74. The van der Waals surface area contributed by atoms with Crippen LogP contribution >= 0.6 is 11.6 Å². The lowest BCUT2D eigenvalue weighted by Gasteiger charge is -2.11. The Morgan fingerprint density at radius 2 is 1.79 bits per heavy atom. The smallest absolute Gasteiger partial charge is 0.248 e. The zero-order chi connectivity index (χ0) is 20.8. The van der Waals surface area contributed by atoms with Crippen LogP contribution in [0.15, 0.2) is 42.5 Å². The summed E-state index contributed by atoms with van der Waals surface area (Å²) in [6.45, 7) is 2.34. The second kappa shape index (κ2) is 9.47. The molecule has 0 aromatic heterocycles. The standard InChI is InChI=1S/C22H23ClN2O4/c1-3-29-19-13-14(12-18(23)21(19)28-2)4-11-20(26)24-16-7-9-17(10-8-16)25-22(27)15-5-6-15/h4,7-13,15H,3,5-6H2,1-2H3,(H,24,26)(H,25,27)/b11-4+. The van der Waals surface area contributed by atoms with Crippen molar-refractivity contribution in [2.45, 2.75) is 19.8 Å². The molecular formula is C22H23ClN2O4. The molecule has 2 N–H and O–H groups in total. The number of hydrogen-bond donors (Lipinski definition) is 2. The van der Waals surface area contributed by atoms with Crippen molar-refractivity contribution < 1.29 is 19.1 Å². The fourth-order valence-electron chi connectivity index (χ4n) is 2.73. The molecule has 1 aliphatic carbocycles.